The zero-order chi connectivity index (χ0) is 12.6. The van der Waals surface area contributed by atoms with Gasteiger partial charge in [0.1, 0.15) is 5.82 Å². The van der Waals surface area contributed by atoms with E-state index in [2.05, 4.69) is 5.32 Å². The fraction of sp³-hybridized carbons (Fsp3) is 0.571. The zero-order valence-electron chi connectivity index (χ0n) is 10.3. The maximum Gasteiger partial charge on any atom is 0.137 e. The Morgan fingerprint density at radius 3 is 3.00 bits per heavy atom. The van der Waals surface area contributed by atoms with Crippen LogP contribution < -0.4 is 5.32 Å². The molecule has 0 aromatic heterocycles. The van der Waals surface area contributed by atoms with Crippen LogP contribution in [0, 0.1) is 11.2 Å². The van der Waals surface area contributed by atoms with Gasteiger partial charge in [0.2, 0.25) is 0 Å². The molecule has 0 saturated heterocycles. The summed E-state index contributed by atoms with van der Waals surface area (Å²) in [6, 6.07) is 5.57. The van der Waals surface area contributed by atoms with E-state index in [1.807, 2.05) is 6.07 Å². The van der Waals surface area contributed by atoms with Crippen LogP contribution in [-0.4, -0.2) is 24.0 Å². The lowest BCUT2D eigenvalue weighted by molar-refractivity contribution is 0.203. The van der Waals surface area contributed by atoms with Gasteiger partial charge in [0, 0.05) is 29.5 Å². The molecule has 2 nitrogen and oxygen atoms in total. The van der Waals surface area contributed by atoms with Crippen LogP contribution in [0.3, 0.4) is 0 Å². The van der Waals surface area contributed by atoms with Crippen LogP contribution in [0.1, 0.15) is 30.9 Å². The molecule has 0 spiro atoms. The minimum Gasteiger partial charge on any atom is -0.396 e. The molecule has 4 heteroatoms. The molecule has 1 aliphatic carbocycles. The molecule has 1 aromatic rings. The Balaban J connectivity index is 1.73. The van der Waals surface area contributed by atoms with E-state index >= 15 is 0 Å². The molecule has 0 radical (unpaired) electrons. The fourth-order valence-electron chi connectivity index (χ4n) is 2.51. The third-order valence-corrected chi connectivity index (χ3v) is 5.20. The molecule has 18 heavy (non-hydrogen) atoms. The Kier molecular flexibility index (Phi) is 3.34. The van der Waals surface area contributed by atoms with Gasteiger partial charge < -0.3 is 10.4 Å². The van der Waals surface area contributed by atoms with Crippen LogP contribution in [0.5, 0.6) is 0 Å². The van der Waals surface area contributed by atoms with Gasteiger partial charge in [-0.05, 0) is 36.6 Å². The van der Waals surface area contributed by atoms with Gasteiger partial charge in [-0.1, -0.05) is 12.1 Å². The van der Waals surface area contributed by atoms with Crippen molar-refractivity contribution in [2.45, 2.75) is 30.2 Å². The normalized spacial score (nSPS) is 24.7. The zero-order valence-corrected chi connectivity index (χ0v) is 11.1. The first-order valence-corrected chi connectivity index (χ1v) is 7.48. The molecule has 0 bridgehead atoms. The van der Waals surface area contributed by atoms with E-state index in [0.717, 1.165) is 42.0 Å². The van der Waals surface area contributed by atoms with E-state index in [9.17, 15) is 9.50 Å². The van der Waals surface area contributed by atoms with Gasteiger partial charge in [0.15, 0.2) is 0 Å². The molecule has 2 aliphatic rings. The number of fused-ring (bicyclic) bond motifs is 1. The van der Waals surface area contributed by atoms with Crippen molar-refractivity contribution in [3.05, 3.63) is 29.6 Å². The minimum absolute atomic E-state index is 0.104. The highest BCUT2D eigenvalue weighted by atomic mass is 32.2. The van der Waals surface area contributed by atoms with Gasteiger partial charge in [0.25, 0.3) is 0 Å². The molecule has 1 saturated carbocycles. The molecule has 1 aromatic carbocycles. The number of nitrogens with one attached hydrogen (secondary N) is 1. The number of aliphatic hydroxyl groups excluding tert-OH is 1. The number of hydrogen-bond acceptors (Lipinski definition) is 3. The van der Waals surface area contributed by atoms with E-state index < -0.39 is 0 Å². The summed E-state index contributed by atoms with van der Waals surface area (Å²) >= 11 is 1.61. The molecule has 0 amide bonds. The summed E-state index contributed by atoms with van der Waals surface area (Å²) in [5.74, 6) is 0.852. The van der Waals surface area contributed by atoms with Crippen molar-refractivity contribution in [2.24, 2.45) is 5.41 Å². The second kappa shape index (κ2) is 4.83. The van der Waals surface area contributed by atoms with E-state index in [-0.39, 0.29) is 23.9 Å². The predicted molar refractivity (Wildman–Crippen MR) is 71.2 cm³/mol. The summed E-state index contributed by atoms with van der Waals surface area (Å²) < 4.78 is 13.7. The van der Waals surface area contributed by atoms with Crippen LogP contribution in [0.4, 0.5) is 4.39 Å². The summed E-state index contributed by atoms with van der Waals surface area (Å²) in [5.41, 5.74) is 1.19. The van der Waals surface area contributed by atoms with E-state index in [0.29, 0.717) is 0 Å². The Morgan fingerprint density at radius 1 is 1.44 bits per heavy atom. The van der Waals surface area contributed by atoms with Gasteiger partial charge in [0.05, 0.1) is 0 Å². The third-order valence-electron chi connectivity index (χ3n) is 4.04. The van der Waals surface area contributed by atoms with Gasteiger partial charge in [-0.3, -0.25) is 0 Å². The van der Waals surface area contributed by atoms with Crippen molar-refractivity contribution in [1.29, 1.82) is 0 Å². The number of rotatable bonds is 4. The summed E-state index contributed by atoms with van der Waals surface area (Å²) in [5, 5.41) is 12.8. The quantitative estimate of drug-likeness (QED) is 0.880. The topological polar surface area (TPSA) is 32.3 Å². The summed E-state index contributed by atoms with van der Waals surface area (Å²) in [6.45, 7) is 1.10. The second-order valence-corrected chi connectivity index (χ2v) is 6.49. The van der Waals surface area contributed by atoms with Crippen molar-refractivity contribution < 1.29 is 9.50 Å². The van der Waals surface area contributed by atoms with Crippen molar-refractivity contribution in [3.63, 3.8) is 0 Å². The lowest BCUT2D eigenvalue weighted by Gasteiger charge is -2.27. The molecular formula is C14H18FNOS. The van der Waals surface area contributed by atoms with Crippen molar-refractivity contribution >= 4 is 11.8 Å². The van der Waals surface area contributed by atoms with E-state index in [1.165, 1.54) is 6.07 Å². The van der Waals surface area contributed by atoms with Crippen LogP contribution in [0.15, 0.2) is 23.1 Å². The fourth-order valence-corrected chi connectivity index (χ4v) is 3.65. The first-order valence-electron chi connectivity index (χ1n) is 6.50. The number of halogens is 1. The Labute approximate surface area is 111 Å². The van der Waals surface area contributed by atoms with Crippen molar-refractivity contribution in [2.75, 3.05) is 18.9 Å². The van der Waals surface area contributed by atoms with Crippen molar-refractivity contribution in [1.82, 2.24) is 5.32 Å². The highest BCUT2D eigenvalue weighted by molar-refractivity contribution is 7.99. The van der Waals surface area contributed by atoms with Crippen LogP contribution in [0.2, 0.25) is 0 Å². The molecule has 98 valence electrons. The smallest absolute Gasteiger partial charge is 0.137 e. The molecule has 2 N–H and O–H groups in total. The standard InChI is InChI=1S/C14H18FNOS/c15-11-3-1-2-10-12(4-7-18-13(10)11)16-8-14(9-17)5-6-14/h1-3,12,16-17H,4-9H2. The van der Waals surface area contributed by atoms with Crippen LogP contribution >= 0.6 is 11.8 Å². The SMILES string of the molecule is OCC1(CNC2CCSc3c(F)cccc32)CC1. The summed E-state index contributed by atoms with van der Waals surface area (Å²) in [6.07, 6.45) is 3.24. The first kappa shape index (κ1) is 12.5. The number of hydrogen-bond donors (Lipinski definition) is 2. The summed E-state index contributed by atoms with van der Waals surface area (Å²) in [7, 11) is 0. The molecule has 1 fully saturated rings. The second-order valence-electron chi connectivity index (χ2n) is 5.39. The average molecular weight is 267 g/mol. The number of aliphatic hydroxyl groups is 1. The number of benzene rings is 1. The van der Waals surface area contributed by atoms with Gasteiger partial charge in [-0.2, -0.15) is 0 Å². The maximum atomic E-state index is 13.7. The lowest BCUT2D eigenvalue weighted by atomic mass is 10.0. The molecule has 1 unspecified atom stereocenters. The van der Waals surface area contributed by atoms with Crippen LogP contribution in [-0.2, 0) is 0 Å². The first-order chi connectivity index (χ1) is 8.74. The monoisotopic (exact) mass is 267 g/mol. The Bertz CT molecular complexity index is 447. The van der Waals surface area contributed by atoms with E-state index in [1.54, 1.807) is 17.8 Å². The lowest BCUT2D eigenvalue weighted by Crippen LogP contribution is -2.32. The summed E-state index contributed by atoms with van der Waals surface area (Å²) in [4.78, 5) is 0.801. The molecule has 3 rings (SSSR count). The molecule has 1 heterocycles. The highest BCUT2D eigenvalue weighted by Gasteiger charge is 2.42. The minimum atomic E-state index is -0.104. The van der Waals surface area contributed by atoms with Crippen LogP contribution in [0.25, 0.3) is 0 Å². The Hall–Kier alpha value is -0.580. The molecular weight excluding hydrogens is 249 g/mol. The number of thioether (sulfide) groups is 1. The maximum absolute atomic E-state index is 13.7. The van der Waals surface area contributed by atoms with Gasteiger partial charge in [-0.15, -0.1) is 11.8 Å². The third kappa shape index (κ3) is 2.29. The van der Waals surface area contributed by atoms with Gasteiger partial charge in [-0.25, -0.2) is 4.39 Å². The predicted octanol–water partition coefficient (Wildman–Crippen LogP) is 2.72. The molecule has 1 aliphatic heterocycles. The largest absolute Gasteiger partial charge is 0.396 e. The van der Waals surface area contributed by atoms with E-state index in [4.69, 9.17) is 0 Å². The Morgan fingerprint density at radius 2 is 2.28 bits per heavy atom. The highest BCUT2D eigenvalue weighted by Crippen LogP contribution is 2.45. The average Bonchev–Trinajstić information content (AvgIpc) is 3.18. The molecule has 1 atom stereocenters. The van der Waals surface area contributed by atoms with Gasteiger partial charge >= 0.3 is 0 Å². The van der Waals surface area contributed by atoms with Crippen molar-refractivity contribution in [3.8, 4) is 0 Å².